The standard InChI is InChI=1S/C16H19NO3/c1-3-13-6-8-14(9-7-13)20-12(2)16(18)17-11-15-5-4-10-19-15/h4-10,12H,3,11H2,1-2H3,(H,17,18). The second-order valence-corrected chi connectivity index (χ2v) is 4.55. The molecule has 1 unspecified atom stereocenters. The van der Waals surface area contributed by atoms with Gasteiger partial charge in [-0.05, 0) is 43.2 Å². The van der Waals surface area contributed by atoms with Gasteiger partial charge in [-0.25, -0.2) is 0 Å². The van der Waals surface area contributed by atoms with Crippen LogP contribution in [0.2, 0.25) is 0 Å². The molecule has 0 aliphatic rings. The quantitative estimate of drug-likeness (QED) is 0.880. The van der Waals surface area contributed by atoms with Crippen molar-refractivity contribution in [3.63, 3.8) is 0 Å². The minimum atomic E-state index is -0.544. The van der Waals surface area contributed by atoms with E-state index < -0.39 is 6.10 Å². The molecule has 106 valence electrons. The molecule has 4 heteroatoms. The molecule has 0 aliphatic heterocycles. The maximum Gasteiger partial charge on any atom is 0.261 e. The number of rotatable bonds is 6. The molecule has 1 N–H and O–H groups in total. The first-order valence-corrected chi connectivity index (χ1v) is 6.74. The van der Waals surface area contributed by atoms with Crippen LogP contribution in [0.25, 0.3) is 0 Å². The number of ether oxygens (including phenoxy) is 1. The van der Waals surface area contributed by atoms with Crippen LogP contribution in [-0.2, 0) is 17.8 Å². The fourth-order valence-corrected chi connectivity index (χ4v) is 1.79. The number of carbonyl (C=O) groups is 1. The minimum absolute atomic E-state index is 0.166. The van der Waals surface area contributed by atoms with Crippen LogP contribution >= 0.6 is 0 Å². The van der Waals surface area contributed by atoms with E-state index in [1.807, 2.05) is 30.3 Å². The van der Waals surface area contributed by atoms with Crippen LogP contribution in [0.3, 0.4) is 0 Å². The van der Waals surface area contributed by atoms with E-state index in [9.17, 15) is 4.79 Å². The molecule has 0 aliphatic carbocycles. The number of furan rings is 1. The summed E-state index contributed by atoms with van der Waals surface area (Å²) >= 11 is 0. The van der Waals surface area contributed by atoms with Gasteiger partial charge in [-0.2, -0.15) is 0 Å². The first-order chi connectivity index (χ1) is 9.69. The van der Waals surface area contributed by atoms with Crippen molar-refractivity contribution < 1.29 is 13.9 Å². The van der Waals surface area contributed by atoms with Gasteiger partial charge in [0.2, 0.25) is 0 Å². The average Bonchev–Trinajstić information content (AvgIpc) is 2.98. The van der Waals surface area contributed by atoms with Gasteiger partial charge in [0.15, 0.2) is 6.10 Å². The summed E-state index contributed by atoms with van der Waals surface area (Å²) in [6, 6.07) is 11.4. The zero-order valence-electron chi connectivity index (χ0n) is 11.8. The monoisotopic (exact) mass is 273 g/mol. The fourth-order valence-electron chi connectivity index (χ4n) is 1.79. The molecule has 0 radical (unpaired) electrons. The molecule has 0 saturated heterocycles. The molecule has 0 bridgehead atoms. The minimum Gasteiger partial charge on any atom is -0.481 e. The van der Waals surface area contributed by atoms with E-state index in [0.29, 0.717) is 12.3 Å². The Balaban J connectivity index is 1.83. The molecule has 1 aromatic heterocycles. The van der Waals surface area contributed by atoms with E-state index in [0.717, 1.165) is 12.2 Å². The largest absolute Gasteiger partial charge is 0.481 e. The van der Waals surface area contributed by atoms with Gasteiger partial charge >= 0.3 is 0 Å². The lowest BCUT2D eigenvalue weighted by molar-refractivity contribution is -0.127. The summed E-state index contributed by atoms with van der Waals surface area (Å²) in [4.78, 5) is 11.9. The van der Waals surface area contributed by atoms with E-state index in [2.05, 4.69) is 12.2 Å². The first-order valence-electron chi connectivity index (χ1n) is 6.74. The Morgan fingerprint density at radius 3 is 2.65 bits per heavy atom. The molecule has 2 rings (SSSR count). The van der Waals surface area contributed by atoms with Crippen molar-refractivity contribution in [2.75, 3.05) is 0 Å². The van der Waals surface area contributed by atoms with Crippen LogP contribution in [0.4, 0.5) is 0 Å². The maximum absolute atomic E-state index is 11.9. The smallest absolute Gasteiger partial charge is 0.261 e. The van der Waals surface area contributed by atoms with Crippen LogP contribution in [0, 0.1) is 0 Å². The highest BCUT2D eigenvalue weighted by atomic mass is 16.5. The highest BCUT2D eigenvalue weighted by molar-refractivity contribution is 5.80. The molecule has 0 fully saturated rings. The molecule has 4 nitrogen and oxygen atoms in total. The van der Waals surface area contributed by atoms with Gasteiger partial charge in [0.05, 0.1) is 12.8 Å². The average molecular weight is 273 g/mol. The Morgan fingerprint density at radius 2 is 2.05 bits per heavy atom. The number of hydrogen-bond donors (Lipinski definition) is 1. The van der Waals surface area contributed by atoms with Crippen molar-refractivity contribution in [2.24, 2.45) is 0 Å². The lowest BCUT2D eigenvalue weighted by Crippen LogP contribution is -2.35. The molecule has 1 amide bonds. The summed E-state index contributed by atoms with van der Waals surface area (Å²) in [5.41, 5.74) is 1.24. The summed E-state index contributed by atoms with van der Waals surface area (Å²) in [6.45, 7) is 4.19. The summed E-state index contributed by atoms with van der Waals surface area (Å²) in [7, 11) is 0. The molecule has 1 heterocycles. The summed E-state index contributed by atoms with van der Waals surface area (Å²) in [6.07, 6.45) is 2.02. The predicted octanol–water partition coefficient (Wildman–Crippen LogP) is 2.93. The van der Waals surface area contributed by atoms with E-state index in [4.69, 9.17) is 9.15 Å². The number of hydrogen-bond acceptors (Lipinski definition) is 3. The zero-order valence-corrected chi connectivity index (χ0v) is 11.8. The highest BCUT2D eigenvalue weighted by Gasteiger charge is 2.14. The molecular formula is C16H19NO3. The highest BCUT2D eigenvalue weighted by Crippen LogP contribution is 2.14. The second-order valence-electron chi connectivity index (χ2n) is 4.55. The Morgan fingerprint density at radius 1 is 1.30 bits per heavy atom. The van der Waals surface area contributed by atoms with Crippen molar-refractivity contribution >= 4 is 5.91 Å². The summed E-state index contributed by atoms with van der Waals surface area (Å²) in [5, 5.41) is 2.77. The third-order valence-corrected chi connectivity index (χ3v) is 3.03. The predicted molar refractivity (Wildman–Crippen MR) is 76.5 cm³/mol. The van der Waals surface area contributed by atoms with Crippen LogP contribution in [0.5, 0.6) is 5.75 Å². The van der Waals surface area contributed by atoms with Gasteiger partial charge in [-0.1, -0.05) is 19.1 Å². The van der Waals surface area contributed by atoms with Gasteiger partial charge in [0.25, 0.3) is 5.91 Å². The van der Waals surface area contributed by atoms with Gasteiger partial charge in [-0.3, -0.25) is 4.79 Å². The van der Waals surface area contributed by atoms with Gasteiger partial charge in [-0.15, -0.1) is 0 Å². The topological polar surface area (TPSA) is 51.5 Å². The third kappa shape index (κ3) is 3.88. The number of nitrogens with one attached hydrogen (secondary N) is 1. The first kappa shape index (κ1) is 14.2. The fraction of sp³-hybridized carbons (Fsp3) is 0.312. The van der Waals surface area contributed by atoms with Crippen LogP contribution in [0.15, 0.2) is 47.1 Å². The molecule has 0 saturated carbocycles. The van der Waals surface area contributed by atoms with Crippen molar-refractivity contribution in [1.29, 1.82) is 0 Å². The number of carbonyl (C=O) groups excluding carboxylic acids is 1. The molecule has 1 atom stereocenters. The lowest BCUT2D eigenvalue weighted by Gasteiger charge is -2.14. The van der Waals surface area contributed by atoms with Crippen molar-refractivity contribution in [2.45, 2.75) is 32.9 Å². The van der Waals surface area contributed by atoms with Crippen LogP contribution in [0.1, 0.15) is 25.2 Å². The summed E-state index contributed by atoms with van der Waals surface area (Å²) in [5.74, 6) is 1.25. The lowest BCUT2D eigenvalue weighted by atomic mass is 10.2. The van der Waals surface area contributed by atoms with Crippen LogP contribution < -0.4 is 10.1 Å². The second kappa shape index (κ2) is 6.80. The van der Waals surface area contributed by atoms with Gasteiger partial charge in [0.1, 0.15) is 11.5 Å². The number of aryl methyl sites for hydroxylation is 1. The van der Waals surface area contributed by atoms with Crippen molar-refractivity contribution in [1.82, 2.24) is 5.32 Å². The van der Waals surface area contributed by atoms with E-state index in [-0.39, 0.29) is 5.91 Å². The van der Waals surface area contributed by atoms with Crippen molar-refractivity contribution in [3.8, 4) is 5.75 Å². The van der Waals surface area contributed by atoms with E-state index >= 15 is 0 Å². The van der Waals surface area contributed by atoms with Crippen LogP contribution in [-0.4, -0.2) is 12.0 Å². The number of benzene rings is 1. The van der Waals surface area contributed by atoms with Gasteiger partial charge in [0, 0.05) is 0 Å². The van der Waals surface area contributed by atoms with Gasteiger partial charge < -0.3 is 14.5 Å². The summed E-state index contributed by atoms with van der Waals surface area (Å²) < 4.78 is 10.8. The van der Waals surface area contributed by atoms with E-state index in [1.54, 1.807) is 19.3 Å². The van der Waals surface area contributed by atoms with E-state index in [1.165, 1.54) is 5.56 Å². The molecular weight excluding hydrogens is 254 g/mol. The molecule has 0 spiro atoms. The Bertz CT molecular complexity index is 531. The number of amides is 1. The molecule has 2 aromatic rings. The van der Waals surface area contributed by atoms with Crippen molar-refractivity contribution in [3.05, 3.63) is 54.0 Å². The Labute approximate surface area is 118 Å². The Kier molecular flexibility index (Phi) is 4.82. The zero-order chi connectivity index (χ0) is 14.4. The Hall–Kier alpha value is -2.23. The normalized spacial score (nSPS) is 11.9. The maximum atomic E-state index is 11.9. The third-order valence-electron chi connectivity index (χ3n) is 3.03. The SMILES string of the molecule is CCc1ccc(OC(C)C(=O)NCc2ccco2)cc1. The molecule has 20 heavy (non-hydrogen) atoms. The molecule has 1 aromatic carbocycles.